The molecule has 0 spiro atoms. The average Bonchev–Trinajstić information content (AvgIpc) is 2.88. The summed E-state index contributed by atoms with van der Waals surface area (Å²) in [5, 5.41) is 3.97. The molecule has 18 heavy (non-hydrogen) atoms. The molecule has 1 aliphatic rings. The second kappa shape index (κ2) is 5.80. The highest BCUT2D eigenvalue weighted by atomic mass is 16.5. The van der Waals surface area contributed by atoms with Crippen LogP contribution in [-0.2, 0) is 12.8 Å². The zero-order chi connectivity index (χ0) is 13.1. The molecular formula is C13H24N4O. The molecule has 0 amide bonds. The van der Waals surface area contributed by atoms with Crippen LogP contribution >= 0.6 is 0 Å². The first kappa shape index (κ1) is 13.5. The summed E-state index contributed by atoms with van der Waals surface area (Å²) < 4.78 is 5.29. The number of nitrogens with zero attached hydrogens (tertiary/aromatic N) is 3. The molecule has 0 saturated carbocycles. The fourth-order valence-corrected chi connectivity index (χ4v) is 2.49. The molecule has 1 aliphatic heterocycles. The number of rotatable bonds is 5. The Morgan fingerprint density at radius 1 is 1.44 bits per heavy atom. The van der Waals surface area contributed by atoms with Gasteiger partial charge in [-0.15, -0.1) is 0 Å². The van der Waals surface area contributed by atoms with Crippen LogP contribution in [0.1, 0.15) is 38.9 Å². The summed E-state index contributed by atoms with van der Waals surface area (Å²) in [5.74, 6) is 2.15. The predicted molar refractivity (Wildman–Crippen MR) is 70.2 cm³/mol. The van der Waals surface area contributed by atoms with E-state index in [9.17, 15) is 0 Å². The highest BCUT2D eigenvalue weighted by Gasteiger charge is 2.26. The minimum absolute atomic E-state index is 0.0818. The van der Waals surface area contributed by atoms with Crippen LogP contribution in [0.25, 0.3) is 0 Å². The molecule has 0 radical (unpaired) electrons. The number of aromatic nitrogens is 2. The zero-order valence-electron chi connectivity index (χ0n) is 11.6. The molecular weight excluding hydrogens is 228 g/mol. The van der Waals surface area contributed by atoms with Gasteiger partial charge in [0.2, 0.25) is 5.89 Å². The second-order valence-corrected chi connectivity index (χ2v) is 5.73. The Hall–Kier alpha value is -0.940. The van der Waals surface area contributed by atoms with Gasteiger partial charge in [-0.3, -0.25) is 0 Å². The Bertz CT molecular complexity index is 375. The lowest BCUT2D eigenvalue weighted by molar-refractivity contribution is 0.260. The van der Waals surface area contributed by atoms with Crippen LogP contribution in [0.15, 0.2) is 4.52 Å². The van der Waals surface area contributed by atoms with Gasteiger partial charge in [-0.25, -0.2) is 0 Å². The van der Waals surface area contributed by atoms with Gasteiger partial charge in [0, 0.05) is 31.5 Å². The fourth-order valence-electron chi connectivity index (χ4n) is 2.49. The summed E-state index contributed by atoms with van der Waals surface area (Å²) >= 11 is 0. The Balaban J connectivity index is 1.85. The Morgan fingerprint density at radius 3 is 2.83 bits per heavy atom. The molecule has 0 aliphatic carbocycles. The molecule has 1 aromatic heterocycles. The van der Waals surface area contributed by atoms with Gasteiger partial charge >= 0.3 is 0 Å². The van der Waals surface area contributed by atoms with Crippen molar-refractivity contribution in [3.8, 4) is 0 Å². The van der Waals surface area contributed by atoms with E-state index in [4.69, 9.17) is 10.3 Å². The number of nitrogens with two attached hydrogens (primary N) is 1. The maximum Gasteiger partial charge on any atom is 0.226 e. The standard InChI is InChI=1S/C13H24N4O/c1-9(2)17-5-4-11(8-17)7-13-15-12(16-18-13)6-10(3)14/h9-11H,4-8,14H2,1-3H3. The molecule has 0 aromatic carbocycles. The molecule has 1 aromatic rings. The van der Waals surface area contributed by atoms with Crippen molar-refractivity contribution in [3.63, 3.8) is 0 Å². The van der Waals surface area contributed by atoms with E-state index < -0.39 is 0 Å². The van der Waals surface area contributed by atoms with E-state index in [0.29, 0.717) is 18.4 Å². The molecule has 2 rings (SSSR count). The molecule has 5 nitrogen and oxygen atoms in total. The summed E-state index contributed by atoms with van der Waals surface area (Å²) in [4.78, 5) is 6.91. The monoisotopic (exact) mass is 252 g/mol. The average molecular weight is 252 g/mol. The third kappa shape index (κ3) is 3.53. The topological polar surface area (TPSA) is 68.2 Å². The molecule has 1 saturated heterocycles. The van der Waals surface area contributed by atoms with Crippen molar-refractivity contribution < 1.29 is 4.52 Å². The van der Waals surface area contributed by atoms with Crippen LogP contribution in [0.5, 0.6) is 0 Å². The van der Waals surface area contributed by atoms with E-state index in [-0.39, 0.29) is 6.04 Å². The van der Waals surface area contributed by atoms with Gasteiger partial charge in [-0.1, -0.05) is 5.16 Å². The van der Waals surface area contributed by atoms with Crippen molar-refractivity contribution in [3.05, 3.63) is 11.7 Å². The van der Waals surface area contributed by atoms with Crippen LogP contribution in [0.3, 0.4) is 0 Å². The first-order valence-electron chi connectivity index (χ1n) is 6.85. The van der Waals surface area contributed by atoms with E-state index in [1.165, 1.54) is 13.0 Å². The Labute approximate surface area is 109 Å². The highest BCUT2D eigenvalue weighted by molar-refractivity contribution is 4.92. The summed E-state index contributed by atoms with van der Waals surface area (Å²) in [6.45, 7) is 8.77. The lowest BCUT2D eigenvalue weighted by atomic mass is 10.1. The summed E-state index contributed by atoms with van der Waals surface area (Å²) in [7, 11) is 0. The predicted octanol–water partition coefficient (Wildman–Crippen LogP) is 1.23. The van der Waals surface area contributed by atoms with E-state index in [0.717, 1.165) is 24.7 Å². The van der Waals surface area contributed by atoms with E-state index in [2.05, 4.69) is 28.9 Å². The molecule has 5 heteroatoms. The van der Waals surface area contributed by atoms with Gasteiger partial charge < -0.3 is 15.2 Å². The van der Waals surface area contributed by atoms with Crippen molar-refractivity contribution in [1.29, 1.82) is 0 Å². The quantitative estimate of drug-likeness (QED) is 0.853. The first-order chi connectivity index (χ1) is 8.54. The van der Waals surface area contributed by atoms with E-state index in [1.54, 1.807) is 0 Å². The van der Waals surface area contributed by atoms with Crippen LogP contribution in [-0.4, -0.2) is 40.2 Å². The maximum absolute atomic E-state index is 5.72. The van der Waals surface area contributed by atoms with Gasteiger partial charge in [0.1, 0.15) is 0 Å². The smallest absolute Gasteiger partial charge is 0.226 e. The van der Waals surface area contributed by atoms with Crippen LogP contribution in [0.4, 0.5) is 0 Å². The van der Waals surface area contributed by atoms with Crippen molar-refractivity contribution in [2.75, 3.05) is 13.1 Å². The van der Waals surface area contributed by atoms with E-state index in [1.807, 2.05) is 6.92 Å². The maximum atomic E-state index is 5.72. The molecule has 2 unspecified atom stereocenters. The van der Waals surface area contributed by atoms with Gasteiger partial charge in [0.25, 0.3) is 0 Å². The van der Waals surface area contributed by atoms with Crippen molar-refractivity contribution >= 4 is 0 Å². The summed E-state index contributed by atoms with van der Waals surface area (Å²) in [6.07, 6.45) is 2.81. The van der Waals surface area contributed by atoms with Gasteiger partial charge in [-0.2, -0.15) is 4.98 Å². The second-order valence-electron chi connectivity index (χ2n) is 5.73. The molecule has 2 heterocycles. The minimum atomic E-state index is 0.0818. The first-order valence-corrected chi connectivity index (χ1v) is 6.85. The number of likely N-dealkylation sites (tertiary alicyclic amines) is 1. The fraction of sp³-hybridized carbons (Fsp3) is 0.846. The third-order valence-electron chi connectivity index (χ3n) is 3.53. The molecule has 102 valence electrons. The SMILES string of the molecule is CC(N)Cc1noc(CC2CCN(C(C)C)C2)n1. The Morgan fingerprint density at radius 2 is 2.22 bits per heavy atom. The highest BCUT2D eigenvalue weighted by Crippen LogP contribution is 2.21. The van der Waals surface area contributed by atoms with Crippen LogP contribution < -0.4 is 5.73 Å². The molecule has 2 atom stereocenters. The largest absolute Gasteiger partial charge is 0.339 e. The van der Waals surface area contributed by atoms with Gasteiger partial charge in [0.05, 0.1) is 0 Å². The minimum Gasteiger partial charge on any atom is -0.339 e. The molecule has 2 N–H and O–H groups in total. The van der Waals surface area contributed by atoms with Gasteiger partial charge in [-0.05, 0) is 39.7 Å². The molecule has 0 bridgehead atoms. The van der Waals surface area contributed by atoms with Crippen LogP contribution in [0.2, 0.25) is 0 Å². The number of hydrogen-bond donors (Lipinski definition) is 1. The summed E-state index contributed by atoms with van der Waals surface area (Å²) in [5.41, 5.74) is 5.72. The van der Waals surface area contributed by atoms with Crippen molar-refractivity contribution in [1.82, 2.24) is 15.0 Å². The van der Waals surface area contributed by atoms with Crippen molar-refractivity contribution in [2.24, 2.45) is 11.7 Å². The van der Waals surface area contributed by atoms with Crippen LogP contribution in [0, 0.1) is 5.92 Å². The normalized spacial score (nSPS) is 22.8. The third-order valence-corrected chi connectivity index (χ3v) is 3.53. The lowest BCUT2D eigenvalue weighted by Gasteiger charge is -2.19. The van der Waals surface area contributed by atoms with Gasteiger partial charge in [0.15, 0.2) is 5.82 Å². The van der Waals surface area contributed by atoms with Crippen molar-refractivity contribution in [2.45, 2.75) is 52.1 Å². The molecule has 1 fully saturated rings. The van der Waals surface area contributed by atoms with E-state index >= 15 is 0 Å². The zero-order valence-corrected chi connectivity index (χ0v) is 11.6. The Kier molecular flexibility index (Phi) is 4.35. The summed E-state index contributed by atoms with van der Waals surface area (Å²) in [6, 6.07) is 0.713. The lowest BCUT2D eigenvalue weighted by Crippen LogP contribution is -2.28. The number of hydrogen-bond acceptors (Lipinski definition) is 5.